The third-order valence-electron chi connectivity index (χ3n) is 3.37. The highest BCUT2D eigenvalue weighted by Gasteiger charge is 2.37. The number of benzene rings is 1. The Balaban J connectivity index is 2.11. The Bertz CT molecular complexity index is 514. The second-order valence-electron chi connectivity index (χ2n) is 6.14. The molecule has 4 nitrogen and oxygen atoms in total. The van der Waals surface area contributed by atoms with Crippen LogP contribution in [-0.4, -0.2) is 29.7 Å². The number of nitrogens with zero attached hydrogens (tertiary/aromatic N) is 2. The van der Waals surface area contributed by atoms with Gasteiger partial charge in [0.2, 0.25) is 0 Å². The van der Waals surface area contributed by atoms with E-state index in [0.29, 0.717) is 13.1 Å². The highest BCUT2D eigenvalue weighted by Crippen LogP contribution is 2.32. The van der Waals surface area contributed by atoms with E-state index < -0.39 is 5.60 Å². The summed E-state index contributed by atoms with van der Waals surface area (Å²) in [5, 5.41) is 9.30. The van der Waals surface area contributed by atoms with Gasteiger partial charge in [-0.3, -0.25) is 0 Å². The minimum absolute atomic E-state index is 0.0636. The molecular weight excluding hydrogens is 252 g/mol. The monoisotopic (exact) mass is 272 g/mol. The average Bonchev–Trinajstić information content (AvgIpc) is 2.82. The topological polar surface area (TPSA) is 53.3 Å². The maximum Gasteiger partial charge on any atom is 0.410 e. The van der Waals surface area contributed by atoms with Crippen LogP contribution in [0.5, 0.6) is 0 Å². The van der Waals surface area contributed by atoms with Crippen LogP contribution >= 0.6 is 0 Å². The molecule has 0 spiro atoms. The molecule has 0 saturated carbocycles. The third kappa shape index (κ3) is 3.30. The summed E-state index contributed by atoms with van der Waals surface area (Å²) in [4.78, 5) is 13.7. The Morgan fingerprint density at radius 1 is 1.30 bits per heavy atom. The molecule has 1 heterocycles. The molecule has 2 atom stereocenters. The molecule has 1 aliphatic rings. The largest absolute Gasteiger partial charge is 0.444 e. The number of ether oxygens (including phenoxy) is 1. The van der Waals surface area contributed by atoms with E-state index in [1.54, 1.807) is 4.90 Å². The first-order valence-corrected chi connectivity index (χ1v) is 6.83. The van der Waals surface area contributed by atoms with Crippen LogP contribution in [0.25, 0.3) is 0 Å². The van der Waals surface area contributed by atoms with E-state index in [1.807, 2.05) is 51.1 Å². The van der Waals surface area contributed by atoms with Gasteiger partial charge in [0.05, 0.1) is 12.0 Å². The van der Waals surface area contributed by atoms with Crippen LogP contribution in [0.15, 0.2) is 30.3 Å². The first-order chi connectivity index (χ1) is 9.40. The Morgan fingerprint density at radius 2 is 1.95 bits per heavy atom. The molecule has 0 N–H and O–H groups in total. The zero-order chi connectivity index (χ0) is 14.8. The number of amides is 1. The van der Waals surface area contributed by atoms with Crippen LogP contribution in [0.1, 0.15) is 32.3 Å². The van der Waals surface area contributed by atoms with Crippen LogP contribution in [0.2, 0.25) is 0 Å². The fourth-order valence-electron chi connectivity index (χ4n) is 2.45. The molecule has 0 aromatic heterocycles. The van der Waals surface area contributed by atoms with Crippen molar-refractivity contribution in [3.63, 3.8) is 0 Å². The summed E-state index contributed by atoms with van der Waals surface area (Å²) < 4.78 is 5.38. The summed E-state index contributed by atoms with van der Waals surface area (Å²) in [5.41, 5.74) is 0.592. The molecule has 1 aromatic carbocycles. The van der Waals surface area contributed by atoms with E-state index in [2.05, 4.69) is 6.07 Å². The lowest BCUT2D eigenvalue weighted by Crippen LogP contribution is -2.35. The van der Waals surface area contributed by atoms with E-state index in [0.717, 1.165) is 5.56 Å². The van der Waals surface area contributed by atoms with Gasteiger partial charge in [-0.25, -0.2) is 4.79 Å². The molecule has 1 unspecified atom stereocenters. The minimum atomic E-state index is -0.510. The van der Waals surface area contributed by atoms with E-state index in [1.165, 1.54) is 0 Å². The number of rotatable bonds is 1. The molecule has 0 radical (unpaired) electrons. The molecule has 4 heteroatoms. The van der Waals surface area contributed by atoms with Crippen molar-refractivity contribution >= 4 is 6.09 Å². The maximum atomic E-state index is 12.1. The van der Waals surface area contributed by atoms with E-state index in [4.69, 9.17) is 4.74 Å². The molecule has 0 aliphatic carbocycles. The van der Waals surface area contributed by atoms with Crippen LogP contribution in [0, 0.1) is 17.2 Å². The first kappa shape index (κ1) is 14.4. The van der Waals surface area contributed by atoms with Gasteiger partial charge in [0.1, 0.15) is 5.60 Å². The second kappa shape index (κ2) is 5.54. The molecule has 1 aliphatic heterocycles. The van der Waals surface area contributed by atoms with Gasteiger partial charge in [-0.2, -0.15) is 5.26 Å². The van der Waals surface area contributed by atoms with Crippen molar-refractivity contribution in [1.29, 1.82) is 5.26 Å². The summed E-state index contributed by atoms with van der Waals surface area (Å²) in [5.74, 6) is -0.112. The molecule has 1 saturated heterocycles. The van der Waals surface area contributed by atoms with Gasteiger partial charge in [-0.1, -0.05) is 30.3 Å². The molecule has 106 valence electrons. The SMILES string of the molecule is CC(C)(C)OC(=O)N1CC(C#N)[C@@H](c2ccccc2)C1. The molecular formula is C16H20N2O2. The van der Waals surface area contributed by atoms with Gasteiger partial charge in [-0.05, 0) is 26.3 Å². The lowest BCUT2D eigenvalue weighted by molar-refractivity contribution is 0.0289. The summed E-state index contributed by atoms with van der Waals surface area (Å²) in [7, 11) is 0. The van der Waals surface area contributed by atoms with Gasteiger partial charge in [0, 0.05) is 19.0 Å². The minimum Gasteiger partial charge on any atom is -0.444 e. The number of likely N-dealkylation sites (tertiary alicyclic amines) is 1. The zero-order valence-corrected chi connectivity index (χ0v) is 12.2. The van der Waals surface area contributed by atoms with Gasteiger partial charge in [0.25, 0.3) is 0 Å². The van der Waals surface area contributed by atoms with Crippen LogP contribution in [0.4, 0.5) is 4.79 Å². The third-order valence-corrected chi connectivity index (χ3v) is 3.37. The first-order valence-electron chi connectivity index (χ1n) is 6.83. The van der Waals surface area contributed by atoms with E-state index >= 15 is 0 Å². The Labute approximate surface area is 120 Å². The molecule has 0 bridgehead atoms. The van der Waals surface area contributed by atoms with Gasteiger partial charge in [0.15, 0.2) is 0 Å². The van der Waals surface area contributed by atoms with Gasteiger partial charge >= 0.3 is 6.09 Å². The Kier molecular flexibility index (Phi) is 3.99. The summed E-state index contributed by atoms with van der Waals surface area (Å²) in [6.45, 7) is 6.51. The number of nitriles is 1. The van der Waals surface area contributed by atoms with E-state index in [-0.39, 0.29) is 17.9 Å². The molecule has 2 rings (SSSR count). The van der Waals surface area contributed by atoms with Crippen molar-refractivity contribution in [2.75, 3.05) is 13.1 Å². The van der Waals surface area contributed by atoms with Crippen molar-refractivity contribution < 1.29 is 9.53 Å². The molecule has 1 amide bonds. The zero-order valence-electron chi connectivity index (χ0n) is 12.2. The van der Waals surface area contributed by atoms with Crippen LogP contribution in [0.3, 0.4) is 0 Å². The number of hydrogen-bond donors (Lipinski definition) is 0. The van der Waals surface area contributed by atoms with Gasteiger partial charge in [-0.15, -0.1) is 0 Å². The lowest BCUT2D eigenvalue weighted by Gasteiger charge is -2.24. The lowest BCUT2D eigenvalue weighted by atomic mass is 9.90. The van der Waals surface area contributed by atoms with Gasteiger partial charge < -0.3 is 9.64 Å². The predicted molar refractivity (Wildman–Crippen MR) is 76.1 cm³/mol. The quantitative estimate of drug-likeness (QED) is 0.789. The number of hydrogen-bond acceptors (Lipinski definition) is 3. The van der Waals surface area contributed by atoms with Crippen molar-refractivity contribution in [3.8, 4) is 6.07 Å². The standard InChI is InChI=1S/C16H20N2O2/c1-16(2,3)20-15(19)18-10-13(9-17)14(11-18)12-7-5-4-6-8-12/h4-8,13-14H,10-11H2,1-3H3/t13?,14-/m1/s1. The number of carbonyl (C=O) groups is 1. The van der Waals surface area contributed by atoms with Crippen molar-refractivity contribution in [3.05, 3.63) is 35.9 Å². The molecule has 1 aromatic rings. The predicted octanol–water partition coefficient (Wildman–Crippen LogP) is 3.16. The van der Waals surface area contributed by atoms with Crippen molar-refractivity contribution in [2.24, 2.45) is 5.92 Å². The fourth-order valence-corrected chi connectivity index (χ4v) is 2.45. The fraction of sp³-hybridized carbons (Fsp3) is 0.500. The smallest absolute Gasteiger partial charge is 0.410 e. The molecule has 1 fully saturated rings. The van der Waals surface area contributed by atoms with E-state index in [9.17, 15) is 10.1 Å². The molecule has 20 heavy (non-hydrogen) atoms. The normalized spacial score (nSPS) is 22.4. The highest BCUT2D eigenvalue weighted by atomic mass is 16.6. The summed E-state index contributed by atoms with van der Waals surface area (Å²) >= 11 is 0. The van der Waals surface area contributed by atoms with Crippen LogP contribution in [-0.2, 0) is 4.74 Å². The average molecular weight is 272 g/mol. The number of carbonyl (C=O) groups excluding carboxylic acids is 1. The Morgan fingerprint density at radius 3 is 2.50 bits per heavy atom. The maximum absolute atomic E-state index is 12.1. The summed E-state index contributed by atoms with van der Waals surface area (Å²) in [6.07, 6.45) is -0.337. The van der Waals surface area contributed by atoms with Crippen LogP contribution < -0.4 is 0 Å². The summed E-state index contributed by atoms with van der Waals surface area (Å²) in [6, 6.07) is 12.2. The Hall–Kier alpha value is -2.02. The second-order valence-corrected chi connectivity index (χ2v) is 6.14. The highest BCUT2D eigenvalue weighted by molar-refractivity contribution is 5.69. The van der Waals surface area contributed by atoms with Crippen molar-refractivity contribution in [1.82, 2.24) is 4.90 Å². The van der Waals surface area contributed by atoms with Crippen molar-refractivity contribution in [2.45, 2.75) is 32.3 Å².